The Bertz CT molecular complexity index is 347. The van der Waals surface area contributed by atoms with Crippen LogP contribution >= 0.6 is 11.6 Å². The molecule has 14 heavy (non-hydrogen) atoms. The first-order valence-corrected chi connectivity index (χ1v) is 3.56. The van der Waals surface area contributed by atoms with Gasteiger partial charge in [0.15, 0.2) is 17.4 Å². The summed E-state index contributed by atoms with van der Waals surface area (Å²) in [5.74, 6) is -5.30. The number of hydrogen-bond donors (Lipinski definition) is 1. The molecule has 1 aromatic rings. The van der Waals surface area contributed by atoms with Gasteiger partial charge in [-0.3, -0.25) is 0 Å². The van der Waals surface area contributed by atoms with Gasteiger partial charge in [-0.25, -0.2) is 8.78 Å². The minimum atomic E-state index is -5.19. The summed E-state index contributed by atoms with van der Waals surface area (Å²) in [6, 6.07) is 0.265. The van der Waals surface area contributed by atoms with Crippen LogP contribution in [0.25, 0.3) is 0 Å². The maximum Gasteiger partial charge on any atom is 0.422 e. The highest BCUT2D eigenvalue weighted by atomic mass is 35.5. The molecule has 0 amide bonds. The molecule has 0 saturated heterocycles. The first kappa shape index (κ1) is 11.0. The van der Waals surface area contributed by atoms with Crippen LogP contribution < -0.4 is 0 Å². The van der Waals surface area contributed by atoms with Gasteiger partial charge in [0, 0.05) is 0 Å². The molecule has 1 rings (SSSR count). The van der Waals surface area contributed by atoms with Crippen LogP contribution in [0.15, 0.2) is 6.07 Å². The van der Waals surface area contributed by atoms with E-state index in [0.29, 0.717) is 0 Å². The van der Waals surface area contributed by atoms with Crippen molar-refractivity contribution in [2.45, 2.75) is 6.18 Å². The summed E-state index contributed by atoms with van der Waals surface area (Å²) < 4.78 is 61.4. The fraction of sp³-hybridized carbons (Fsp3) is 0.143. The van der Waals surface area contributed by atoms with Gasteiger partial charge in [-0.1, -0.05) is 11.6 Å². The number of halogens is 6. The van der Waals surface area contributed by atoms with E-state index in [4.69, 9.17) is 16.7 Å². The van der Waals surface area contributed by atoms with E-state index < -0.39 is 34.1 Å². The van der Waals surface area contributed by atoms with Gasteiger partial charge in [0.1, 0.15) is 5.56 Å². The number of phenolic OH excluding ortho intramolecular Hbond substituents is 1. The van der Waals surface area contributed by atoms with E-state index in [1.807, 2.05) is 0 Å². The smallest absolute Gasteiger partial charge is 0.422 e. The first-order chi connectivity index (χ1) is 6.25. The van der Waals surface area contributed by atoms with Crippen LogP contribution in [0.1, 0.15) is 5.56 Å². The van der Waals surface area contributed by atoms with Crippen molar-refractivity contribution >= 4 is 11.6 Å². The molecule has 0 saturated carbocycles. The number of hydrogen-bond acceptors (Lipinski definition) is 1. The lowest BCUT2D eigenvalue weighted by Gasteiger charge is -2.11. The molecule has 0 bridgehead atoms. The molecule has 1 aromatic carbocycles. The predicted molar refractivity (Wildman–Crippen MR) is 38.0 cm³/mol. The highest BCUT2D eigenvalue weighted by molar-refractivity contribution is 6.30. The number of alkyl halides is 3. The number of benzene rings is 1. The van der Waals surface area contributed by atoms with E-state index in [9.17, 15) is 22.0 Å². The highest BCUT2D eigenvalue weighted by Gasteiger charge is 2.39. The average Bonchev–Trinajstić information content (AvgIpc) is 1.98. The molecule has 78 valence electrons. The standard InChI is InChI=1S/C7H2ClF5O/c8-2-1-3(9)6(14)4(5(2)10)7(11,12)13/h1,14H. The molecule has 7 heteroatoms. The van der Waals surface area contributed by atoms with Crippen molar-refractivity contribution in [1.29, 1.82) is 0 Å². The van der Waals surface area contributed by atoms with Crippen molar-refractivity contribution in [2.75, 3.05) is 0 Å². The third-order valence-electron chi connectivity index (χ3n) is 1.43. The van der Waals surface area contributed by atoms with Crippen molar-refractivity contribution in [2.24, 2.45) is 0 Å². The number of phenols is 1. The zero-order valence-electron chi connectivity index (χ0n) is 6.29. The van der Waals surface area contributed by atoms with Gasteiger partial charge < -0.3 is 5.11 Å². The van der Waals surface area contributed by atoms with Gasteiger partial charge in [0.2, 0.25) is 0 Å². The summed E-state index contributed by atoms with van der Waals surface area (Å²) in [4.78, 5) is 0. The Balaban J connectivity index is 3.56. The molecule has 0 aromatic heterocycles. The van der Waals surface area contributed by atoms with Gasteiger partial charge >= 0.3 is 6.18 Å². The minimum Gasteiger partial charge on any atom is -0.504 e. The third-order valence-corrected chi connectivity index (χ3v) is 1.70. The molecular formula is C7H2ClF5O. The topological polar surface area (TPSA) is 20.2 Å². The van der Waals surface area contributed by atoms with Crippen LogP contribution in [0.4, 0.5) is 22.0 Å². The van der Waals surface area contributed by atoms with E-state index in [0.717, 1.165) is 0 Å². The second-order valence-electron chi connectivity index (χ2n) is 2.38. The second-order valence-corrected chi connectivity index (χ2v) is 2.78. The summed E-state index contributed by atoms with van der Waals surface area (Å²) in [6.45, 7) is 0. The van der Waals surface area contributed by atoms with Crippen LogP contribution in [-0.2, 0) is 6.18 Å². The van der Waals surface area contributed by atoms with Crippen LogP contribution in [-0.4, -0.2) is 5.11 Å². The Labute approximate surface area is 79.7 Å². The van der Waals surface area contributed by atoms with Gasteiger partial charge in [0.25, 0.3) is 0 Å². The second kappa shape index (κ2) is 3.27. The summed E-state index contributed by atoms with van der Waals surface area (Å²) in [6.07, 6.45) is -5.19. The lowest BCUT2D eigenvalue weighted by molar-refractivity contribution is -0.141. The maximum atomic E-state index is 12.8. The number of aromatic hydroxyl groups is 1. The molecule has 0 atom stereocenters. The van der Waals surface area contributed by atoms with Gasteiger partial charge in [-0.2, -0.15) is 13.2 Å². The number of rotatable bonds is 0. The van der Waals surface area contributed by atoms with Crippen LogP contribution in [0.2, 0.25) is 5.02 Å². The zero-order chi connectivity index (χ0) is 11.1. The Morgan fingerprint density at radius 2 is 1.71 bits per heavy atom. The fourth-order valence-electron chi connectivity index (χ4n) is 0.844. The molecule has 0 spiro atoms. The third kappa shape index (κ3) is 1.75. The first-order valence-electron chi connectivity index (χ1n) is 3.18. The molecule has 0 heterocycles. The highest BCUT2D eigenvalue weighted by Crippen LogP contribution is 2.41. The van der Waals surface area contributed by atoms with Gasteiger partial charge in [-0.05, 0) is 6.07 Å². The van der Waals surface area contributed by atoms with Crippen molar-refractivity contribution in [3.05, 3.63) is 28.3 Å². The Morgan fingerprint density at radius 3 is 2.14 bits per heavy atom. The normalized spacial score (nSPS) is 11.9. The molecule has 0 aliphatic heterocycles. The molecule has 0 fully saturated rings. The molecule has 0 aliphatic rings. The van der Waals surface area contributed by atoms with Crippen molar-refractivity contribution < 1.29 is 27.1 Å². The Kier molecular flexibility index (Phi) is 2.58. The van der Waals surface area contributed by atoms with E-state index >= 15 is 0 Å². The van der Waals surface area contributed by atoms with Gasteiger partial charge in [0.05, 0.1) is 5.02 Å². The molecule has 0 aliphatic carbocycles. The summed E-state index contributed by atoms with van der Waals surface area (Å²) >= 11 is 4.97. The predicted octanol–water partition coefficient (Wildman–Crippen LogP) is 3.34. The van der Waals surface area contributed by atoms with E-state index in [-0.39, 0.29) is 6.07 Å². The van der Waals surface area contributed by atoms with Crippen molar-refractivity contribution in [1.82, 2.24) is 0 Å². The summed E-state index contributed by atoms with van der Waals surface area (Å²) in [5, 5.41) is 7.61. The summed E-state index contributed by atoms with van der Waals surface area (Å²) in [5.41, 5.74) is -2.09. The van der Waals surface area contributed by atoms with Crippen LogP contribution in [0.5, 0.6) is 5.75 Å². The Morgan fingerprint density at radius 1 is 1.21 bits per heavy atom. The van der Waals surface area contributed by atoms with E-state index in [1.165, 1.54) is 0 Å². The molecule has 0 unspecified atom stereocenters. The van der Waals surface area contributed by atoms with E-state index in [1.54, 1.807) is 0 Å². The zero-order valence-corrected chi connectivity index (χ0v) is 7.05. The monoisotopic (exact) mass is 232 g/mol. The van der Waals surface area contributed by atoms with Crippen molar-refractivity contribution in [3.8, 4) is 5.75 Å². The van der Waals surface area contributed by atoms with Crippen LogP contribution in [0, 0.1) is 11.6 Å². The lowest BCUT2D eigenvalue weighted by Crippen LogP contribution is -2.10. The Hall–Kier alpha value is -1.04. The average molecular weight is 233 g/mol. The summed E-state index contributed by atoms with van der Waals surface area (Å²) in [7, 11) is 0. The minimum absolute atomic E-state index is 0.265. The molecular weight excluding hydrogens is 231 g/mol. The van der Waals surface area contributed by atoms with E-state index in [2.05, 4.69) is 0 Å². The fourth-order valence-corrected chi connectivity index (χ4v) is 1.03. The molecule has 1 N–H and O–H groups in total. The SMILES string of the molecule is Oc1c(F)cc(Cl)c(F)c1C(F)(F)F. The van der Waals surface area contributed by atoms with Crippen molar-refractivity contribution in [3.63, 3.8) is 0 Å². The lowest BCUT2D eigenvalue weighted by atomic mass is 10.1. The quantitative estimate of drug-likeness (QED) is 0.537. The molecule has 1 nitrogen and oxygen atoms in total. The molecule has 0 radical (unpaired) electrons. The van der Waals surface area contributed by atoms with Gasteiger partial charge in [-0.15, -0.1) is 0 Å². The maximum absolute atomic E-state index is 12.8. The van der Waals surface area contributed by atoms with Crippen LogP contribution in [0.3, 0.4) is 0 Å². The largest absolute Gasteiger partial charge is 0.504 e.